The third-order valence-corrected chi connectivity index (χ3v) is 4.94. The number of hydrogen-bond acceptors (Lipinski definition) is 6. The third-order valence-electron chi connectivity index (χ3n) is 4.94. The molecule has 0 saturated carbocycles. The van der Waals surface area contributed by atoms with Crippen molar-refractivity contribution in [3.05, 3.63) is 29.3 Å². The molecule has 0 aromatic heterocycles. The Morgan fingerprint density at radius 1 is 1.12 bits per heavy atom. The molecule has 134 valence electrons. The van der Waals surface area contributed by atoms with Gasteiger partial charge in [0, 0.05) is 5.69 Å². The third kappa shape index (κ3) is 2.54. The lowest BCUT2D eigenvalue weighted by Gasteiger charge is -2.34. The van der Waals surface area contributed by atoms with Crippen LogP contribution in [0.15, 0.2) is 18.2 Å². The van der Waals surface area contributed by atoms with Crippen LogP contribution in [-0.4, -0.2) is 48.8 Å². The van der Waals surface area contributed by atoms with Gasteiger partial charge in [-0.05, 0) is 51.0 Å². The van der Waals surface area contributed by atoms with Gasteiger partial charge in [-0.2, -0.15) is 0 Å². The maximum absolute atomic E-state index is 12.9. The quantitative estimate of drug-likeness (QED) is 0.774. The summed E-state index contributed by atoms with van der Waals surface area (Å²) < 4.78 is 22.5. The molecule has 7 heteroatoms. The fraction of sp³-hybridized carbons (Fsp3) is 0.556. The highest BCUT2D eigenvalue weighted by Gasteiger charge is 2.63. The molecule has 0 radical (unpaired) electrons. The minimum Gasteiger partial charge on any atom is -0.407 e. The van der Waals surface area contributed by atoms with Gasteiger partial charge in [0.2, 0.25) is 5.78 Å². The van der Waals surface area contributed by atoms with E-state index >= 15 is 0 Å². The summed E-state index contributed by atoms with van der Waals surface area (Å²) in [4.78, 5) is 26.8. The summed E-state index contributed by atoms with van der Waals surface area (Å²) in [5.41, 5.74) is 2.85. The Labute approximate surface area is 145 Å². The number of amides is 1. The Morgan fingerprint density at radius 3 is 2.60 bits per heavy atom. The van der Waals surface area contributed by atoms with E-state index in [1.807, 2.05) is 32.0 Å². The number of carbonyl (C=O) groups is 2. The molecule has 0 unspecified atom stereocenters. The van der Waals surface area contributed by atoms with Gasteiger partial charge >= 0.3 is 6.09 Å². The molecular formula is C18H21NO6. The van der Waals surface area contributed by atoms with Crippen LogP contribution in [0.25, 0.3) is 0 Å². The Kier molecular flexibility index (Phi) is 3.48. The number of aryl methyl sites for hydroxylation is 2. The second-order valence-electron chi connectivity index (χ2n) is 7.25. The van der Waals surface area contributed by atoms with Crippen LogP contribution in [-0.2, 0) is 23.7 Å². The van der Waals surface area contributed by atoms with Crippen LogP contribution in [0, 0.1) is 13.8 Å². The number of ketones is 1. The molecule has 4 rings (SSSR count). The van der Waals surface area contributed by atoms with Crippen molar-refractivity contribution < 1.29 is 28.5 Å². The van der Waals surface area contributed by atoms with Crippen molar-refractivity contribution in [2.75, 3.05) is 18.1 Å². The second-order valence-corrected chi connectivity index (χ2v) is 7.25. The maximum Gasteiger partial charge on any atom is 0.417 e. The summed E-state index contributed by atoms with van der Waals surface area (Å²) in [6, 6.07) is 5.65. The van der Waals surface area contributed by atoms with Gasteiger partial charge in [-0.15, -0.1) is 0 Å². The van der Waals surface area contributed by atoms with Crippen LogP contribution in [0.5, 0.6) is 0 Å². The lowest BCUT2D eigenvalue weighted by Crippen LogP contribution is -2.59. The smallest absolute Gasteiger partial charge is 0.407 e. The molecule has 3 saturated heterocycles. The van der Waals surface area contributed by atoms with E-state index < -0.39 is 35.7 Å². The molecule has 1 spiro atoms. The van der Waals surface area contributed by atoms with Gasteiger partial charge in [0.05, 0.1) is 6.61 Å². The largest absolute Gasteiger partial charge is 0.417 e. The number of benzene rings is 1. The van der Waals surface area contributed by atoms with Crippen molar-refractivity contribution in [1.29, 1.82) is 0 Å². The molecule has 1 aromatic carbocycles. The zero-order chi connectivity index (χ0) is 18.0. The van der Waals surface area contributed by atoms with Crippen LogP contribution in [0.1, 0.15) is 25.0 Å². The Hall–Kier alpha value is -1.96. The van der Waals surface area contributed by atoms with Crippen molar-refractivity contribution in [2.24, 2.45) is 0 Å². The molecule has 0 aliphatic carbocycles. The van der Waals surface area contributed by atoms with E-state index in [2.05, 4.69) is 0 Å². The van der Waals surface area contributed by atoms with Gasteiger partial charge in [0.1, 0.15) is 12.6 Å². The van der Waals surface area contributed by atoms with Gasteiger partial charge in [-0.1, -0.05) is 6.07 Å². The number of carbonyl (C=O) groups excluding carboxylic acids is 2. The van der Waals surface area contributed by atoms with E-state index in [1.165, 1.54) is 4.90 Å². The Bertz CT molecular complexity index is 760. The van der Waals surface area contributed by atoms with E-state index in [-0.39, 0.29) is 13.2 Å². The summed E-state index contributed by atoms with van der Waals surface area (Å²) in [5, 5.41) is 0. The molecule has 3 aliphatic rings. The standard InChI is InChI=1S/C18H21NO6/c1-10-5-6-12(7-11(10)2)19-9-18(25-16(19)21)15(20)14-13(8-22-18)23-17(3,4)24-14/h5-7,13-14H,8-9H2,1-4H3/t13-,14-,18+/m1/s1. The minimum absolute atomic E-state index is 0.000175. The summed E-state index contributed by atoms with van der Waals surface area (Å²) in [6.07, 6.45) is -1.88. The average Bonchev–Trinajstić information content (AvgIpc) is 3.04. The van der Waals surface area contributed by atoms with Crippen LogP contribution < -0.4 is 4.90 Å². The van der Waals surface area contributed by atoms with Crippen LogP contribution in [0.2, 0.25) is 0 Å². The van der Waals surface area contributed by atoms with Crippen molar-refractivity contribution in [3.8, 4) is 0 Å². The Balaban J connectivity index is 1.61. The zero-order valence-corrected chi connectivity index (χ0v) is 14.7. The predicted octanol–water partition coefficient (Wildman–Crippen LogP) is 2.08. The molecule has 25 heavy (non-hydrogen) atoms. The highest BCUT2D eigenvalue weighted by molar-refractivity contribution is 6.00. The van der Waals surface area contributed by atoms with Gasteiger partial charge in [0.25, 0.3) is 5.79 Å². The monoisotopic (exact) mass is 347 g/mol. The average molecular weight is 347 g/mol. The summed E-state index contributed by atoms with van der Waals surface area (Å²) in [5.74, 6) is -2.91. The number of nitrogens with zero attached hydrogens (tertiary/aromatic N) is 1. The van der Waals surface area contributed by atoms with E-state index in [4.69, 9.17) is 18.9 Å². The molecule has 0 bridgehead atoms. The van der Waals surface area contributed by atoms with Crippen molar-refractivity contribution in [3.63, 3.8) is 0 Å². The number of ether oxygens (including phenoxy) is 4. The summed E-state index contributed by atoms with van der Waals surface area (Å²) in [7, 11) is 0. The molecule has 3 atom stereocenters. The van der Waals surface area contributed by atoms with Crippen LogP contribution in [0.4, 0.5) is 10.5 Å². The number of Topliss-reactive ketones (excluding diaryl/α,β-unsaturated/α-hetero) is 1. The lowest BCUT2D eigenvalue weighted by molar-refractivity contribution is -0.218. The first-order valence-electron chi connectivity index (χ1n) is 8.32. The molecule has 0 N–H and O–H groups in total. The Morgan fingerprint density at radius 2 is 1.88 bits per heavy atom. The second kappa shape index (κ2) is 5.27. The molecule has 7 nitrogen and oxygen atoms in total. The van der Waals surface area contributed by atoms with E-state index in [9.17, 15) is 9.59 Å². The van der Waals surface area contributed by atoms with Crippen LogP contribution in [0.3, 0.4) is 0 Å². The van der Waals surface area contributed by atoms with Crippen molar-refractivity contribution in [1.82, 2.24) is 0 Å². The first kappa shape index (κ1) is 16.5. The molecule has 3 heterocycles. The number of fused-ring (bicyclic) bond motifs is 1. The van der Waals surface area contributed by atoms with Crippen molar-refractivity contribution in [2.45, 2.75) is 51.5 Å². The molecule has 1 amide bonds. The summed E-state index contributed by atoms with van der Waals surface area (Å²) >= 11 is 0. The van der Waals surface area contributed by atoms with E-state index in [1.54, 1.807) is 13.8 Å². The van der Waals surface area contributed by atoms with E-state index in [0.29, 0.717) is 5.69 Å². The van der Waals surface area contributed by atoms with Gasteiger partial charge < -0.3 is 18.9 Å². The van der Waals surface area contributed by atoms with Crippen LogP contribution >= 0.6 is 0 Å². The molecule has 3 aliphatic heterocycles. The first-order valence-corrected chi connectivity index (χ1v) is 8.32. The van der Waals surface area contributed by atoms with Crippen molar-refractivity contribution >= 4 is 17.6 Å². The predicted molar refractivity (Wildman–Crippen MR) is 87.3 cm³/mol. The number of rotatable bonds is 1. The SMILES string of the molecule is Cc1ccc(N2C[C@]3(OC[C@H]4OC(C)(C)O[C@H]4C3=O)OC2=O)cc1C. The lowest BCUT2D eigenvalue weighted by atomic mass is 9.98. The van der Waals surface area contributed by atoms with E-state index in [0.717, 1.165) is 11.1 Å². The number of anilines is 1. The minimum atomic E-state index is -1.64. The fourth-order valence-corrected chi connectivity index (χ4v) is 3.48. The first-order chi connectivity index (χ1) is 11.7. The highest BCUT2D eigenvalue weighted by Crippen LogP contribution is 2.40. The molecular weight excluding hydrogens is 326 g/mol. The highest BCUT2D eigenvalue weighted by atomic mass is 16.8. The topological polar surface area (TPSA) is 74.3 Å². The van der Waals surface area contributed by atoms with Gasteiger partial charge in [-0.25, -0.2) is 4.79 Å². The fourth-order valence-electron chi connectivity index (χ4n) is 3.48. The number of hydrogen-bond donors (Lipinski definition) is 0. The molecule has 3 fully saturated rings. The zero-order valence-electron chi connectivity index (χ0n) is 14.7. The normalized spacial score (nSPS) is 33.7. The van der Waals surface area contributed by atoms with Gasteiger partial charge in [-0.3, -0.25) is 9.69 Å². The molecule has 1 aromatic rings. The van der Waals surface area contributed by atoms with Gasteiger partial charge in [0.15, 0.2) is 11.9 Å². The summed E-state index contributed by atoms with van der Waals surface area (Å²) in [6.45, 7) is 7.58. The maximum atomic E-state index is 12.9.